The molecule has 3 rings (SSSR count). The molecule has 0 aliphatic rings. The highest BCUT2D eigenvalue weighted by atomic mass is 35.5. The van der Waals surface area contributed by atoms with Crippen molar-refractivity contribution < 1.29 is 4.39 Å². The van der Waals surface area contributed by atoms with Crippen molar-refractivity contribution in [2.45, 2.75) is 6.42 Å². The Morgan fingerprint density at radius 2 is 1.74 bits per heavy atom. The zero-order valence-corrected chi connectivity index (χ0v) is 13.4. The molecule has 0 unspecified atom stereocenters. The van der Waals surface area contributed by atoms with Gasteiger partial charge in [0, 0.05) is 28.2 Å². The van der Waals surface area contributed by atoms with Gasteiger partial charge in [0.25, 0.3) is 0 Å². The average molecular weight is 348 g/mol. The van der Waals surface area contributed by atoms with E-state index in [1.165, 1.54) is 12.1 Å². The molecule has 0 fully saturated rings. The zero-order chi connectivity index (χ0) is 16.4. The van der Waals surface area contributed by atoms with E-state index in [0.29, 0.717) is 33.3 Å². The van der Waals surface area contributed by atoms with E-state index in [4.69, 9.17) is 28.9 Å². The Morgan fingerprint density at radius 3 is 2.43 bits per heavy atom. The standard InChI is InChI=1S/C17H12Cl2FN3/c18-14-5-2-6-15(19)12(14)8-16-13(9-22-17(21)23-16)10-3-1-4-11(20)7-10/h1-7,9H,8H2,(H2,21,22,23). The second-order valence-electron chi connectivity index (χ2n) is 4.98. The second-order valence-corrected chi connectivity index (χ2v) is 5.79. The number of benzene rings is 2. The summed E-state index contributed by atoms with van der Waals surface area (Å²) in [6.07, 6.45) is 1.95. The molecule has 0 atom stereocenters. The molecular weight excluding hydrogens is 336 g/mol. The Morgan fingerprint density at radius 1 is 1.04 bits per heavy atom. The Bertz CT molecular complexity index is 848. The summed E-state index contributed by atoms with van der Waals surface area (Å²) in [4.78, 5) is 8.29. The van der Waals surface area contributed by atoms with Gasteiger partial charge in [0.1, 0.15) is 5.82 Å². The predicted molar refractivity (Wildman–Crippen MR) is 91.1 cm³/mol. The van der Waals surface area contributed by atoms with Gasteiger partial charge in [-0.05, 0) is 35.4 Å². The fourth-order valence-corrected chi connectivity index (χ4v) is 2.86. The molecule has 0 spiro atoms. The second kappa shape index (κ2) is 6.52. The van der Waals surface area contributed by atoms with Crippen LogP contribution in [0.5, 0.6) is 0 Å². The first-order valence-corrected chi connectivity index (χ1v) is 7.60. The molecule has 2 aromatic carbocycles. The molecule has 0 saturated carbocycles. The van der Waals surface area contributed by atoms with Gasteiger partial charge in [0.15, 0.2) is 0 Å². The highest BCUT2D eigenvalue weighted by Crippen LogP contribution is 2.30. The summed E-state index contributed by atoms with van der Waals surface area (Å²) in [7, 11) is 0. The van der Waals surface area contributed by atoms with Gasteiger partial charge in [0.05, 0.1) is 5.69 Å². The molecule has 0 bridgehead atoms. The van der Waals surface area contributed by atoms with Crippen molar-refractivity contribution >= 4 is 29.2 Å². The highest BCUT2D eigenvalue weighted by molar-refractivity contribution is 6.36. The third-order valence-corrected chi connectivity index (χ3v) is 4.14. The summed E-state index contributed by atoms with van der Waals surface area (Å²) in [5.41, 5.74) is 8.44. The molecule has 0 radical (unpaired) electrons. The molecular formula is C17H12Cl2FN3. The fourth-order valence-electron chi connectivity index (χ4n) is 2.33. The van der Waals surface area contributed by atoms with Crippen molar-refractivity contribution in [3.63, 3.8) is 0 Å². The van der Waals surface area contributed by atoms with E-state index in [2.05, 4.69) is 9.97 Å². The molecule has 2 N–H and O–H groups in total. The molecule has 0 aliphatic carbocycles. The lowest BCUT2D eigenvalue weighted by Gasteiger charge is -2.11. The monoisotopic (exact) mass is 347 g/mol. The van der Waals surface area contributed by atoms with Gasteiger partial charge in [-0.25, -0.2) is 14.4 Å². The smallest absolute Gasteiger partial charge is 0.220 e. The topological polar surface area (TPSA) is 51.8 Å². The van der Waals surface area contributed by atoms with Crippen molar-refractivity contribution in [1.82, 2.24) is 9.97 Å². The van der Waals surface area contributed by atoms with Gasteiger partial charge in [-0.1, -0.05) is 41.4 Å². The van der Waals surface area contributed by atoms with Crippen LogP contribution >= 0.6 is 23.2 Å². The minimum Gasteiger partial charge on any atom is -0.368 e. The van der Waals surface area contributed by atoms with Crippen LogP contribution in [0.3, 0.4) is 0 Å². The summed E-state index contributed by atoms with van der Waals surface area (Å²) in [6, 6.07) is 11.5. The van der Waals surface area contributed by atoms with Crippen LogP contribution < -0.4 is 5.73 Å². The number of aromatic nitrogens is 2. The maximum atomic E-state index is 13.5. The number of nitrogens with zero attached hydrogens (tertiary/aromatic N) is 2. The van der Waals surface area contributed by atoms with Crippen molar-refractivity contribution in [2.24, 2.45) is 0 Å². The quantitative estimate of drug-likeness (QED) is 0.742. The minimum absolute atomic E-state index is 0.142. The maximum Gasteiger partial charge on any atom is 0.220 e. The SMILES string of the molecule is Nc1ncc(-c2cccc(F)c2)c(Cc2c(Cl)cccc2Cl)n1. The first kappa shape index (κ1) is 15.7. The van der Waals surface area contributed by atoms with Crippen LogP contribution in [0.25, 0.3) is 11.1 Å². The first-order chi connectivity index (χ1) is 11.0. The third kappa shape index (κ3) is 3.44. The summed E-state index contributed by atoms with van der Waals surface area (Å²) >= 11 is 12.4. The lowest BCUT2D eigenvalue weighted by Crippen LogP contribution is -2.03. The molecule has 1 aromatic heterocycles. The molecule has 0 aliphatic heterocycles. The predicted octanol–water partition coefficient (Wildman–Crippen LogP) is 4.76. The van der Waals surface area contributed by atoms with Crippen LogP contribution in [0.15, 0.2) is 48.7 Å². The van der Waals surface area contributed by atoms with E-state index < -0.39 is 0 Å². The van der Waals surface area contributed by atoms with Crippen molar-refractivity contribution in [1.29, 1.82) is 0 Å². The number of halogens is 3. The number of nitrogens with two attached hydrogens (primary N) is 1. The molecule has 3 nitrogen and oxygen atoms in total. The molecule has 0 saturated heterocycles. The summed E-state index contributed by atoms with van der Waals surface area (Å²) in [5.74, 6) is -0.190. The lowest BCUT2D eigenvalue weighted by molar-refractivity contribution is 0.628. The molecule has 6 heteroatoms. The number of anilines is 1. The minimum atomic E-state index is -0.332. The Balaban J connectivity index is 2.10. The Labute approximate surface area is 142 Å². The summed E-state index contributed by atoms with van der Waals surface area (Å²) in [6.45, 7) is 0. The first-order valence-electron chi connectivity index (χ1n) is 6.85. The number of rotatable bonds is 3. The highest BCUT2D eigenvalue weighted by Gasteiger charge is 2.14. The fraction of sp³-hybridized carbons (Fsp3) is 0.0588. The van der Waals surface area contributed by atoms with Crippen LogP contribution in [-0.4, -0.2) is 9.97 Å². The zero-order valence-electron chi connectivity index (χ0n) is 11.9. The largest absolute Gasteiger partial charge is 0.368 e. The Kier molecular flexibility index (Phi) is 4.46. The number of nitrogen functional groups attached to an aromatic ring is 1. The van der Waals surface area contributed by atoms with Gasteiger partial charge >= 0.3 is 0 Å². The molecule has 1 heterocycles. The van der Waals surface area contributed by atoms with Crippen LogP contribution in [0.4, 0.5) is 10.3 Å². The molecule has 0 amide bonds. The van der Waals surface area contributed by atoms with Gasteiger partial charge < -0.3 is 5.73 Å². The van der Waals surface area contributed by atoms with E-state index in [1.54, 1.807) is 36.5 Å². The average Bonchev–Trinajstić information content (AvgIpc) is 2.51. The molecule has 116 valence electrons. The van der Waals surface area contributed by atoms with Crippen LogP contribution in [0, 0.1) is 5.82 Å². The van der Waals surface area contributed by atoms with Crippen molar-refractivity contribution in [3.8, 4) is 11.1 Å². The van der Waals surface area contributed by atoms with E-state index in [0.717, 1.165) is 5.56 Å². The lowest BCUT2D eigenvalue weighted by atomic mass is 10.0. The van der Waals surface area contributed by atoms with E-state index in [-0.39, 0.29) is 11.8 Å². The van der Waals surface area contributed by atoms with Crippen LogP contribution in [-0.2, 0) is 6.42 Å². The summed E-state index contributed by atoms with van der Waals surface area (Å²) in [5, 5.41) is 1.08. The van der Waals surface area contributed by atoms with E-state index >= 15 is 0 Å². The number of hydrogen-bond acceptors (Lipinski definition) is 3. The third-order valence-electron chi connectivity index (χ3n) is 3.43. The van der Waals surface area contributed by atoms with Crippen LogP contribution in [0.1, 0.15) is 11.3 Å². The van der Waals surface area contributed by atoms with Crippen LogP contribution in [0.2, 0.25) is 10.0 Å². The van der Waals surface area contributed by atoms with Gasteiger partial charge in [-0.3, -0.25) is 0 Å². The van der Waals surface area contributed by atoms with Gasteiger partial charge in [-0.2, -0.15) is 0 Å². The van der Waals surface area contributed by atoms with E-state index in [1.807, 2.05) is 0 Å². The Hall–Kier alpha value is -2.17. The van der Waals surface area contributed by atoms with Crippen molar-refractivity contribution in [3.05, 3.63) is 75.8 Å². The molecule has 3 aromatic rings. The normalized spacial score (nSPS) is 10.7. The van der Waals surface area contributed by atoms with Crippen molar-refractivity contribution in [2.75, 3.05) is 5.73 Å². The van der Waals surface area contributed by atoms with Gasteiger partial charge in [-0.15, -0.1) is 0 Å². The molecule has 23 heavy (non-hydrogen) atoms. The van der Waals surface area contributed by atoms with Gasteiger partial charge in [0.2, 0.25) is 5.95 Å². The summed E-state index contributed by atoms with van der Waals surface area (Å²) < 4.78 is 13.5. The maximum absolute atomic E-state index is 13.5. The number of hydrogen-bond donors (Lipinski definition) is 1. The van der Waals surface area contributed by atoms with E-state index in [9.17, 15) is 4.39 Å².